The van der Waals surface area contributed by atoms with Crippen molar-refractivity contribution in [1.82, 2.24) is 0 Å². The zero-order valence-corrected chi connectivity index (χ0v) is 15.0. The Morgan fingerprint density at radius 1 is 1.17 bits per heavy atom. The van der Waals surface area contributed by atoms with Crippen LogP contribution < -0.4 is 10.4 Å². The van der Waals surface area contributed by atoms with Crippen molar-refractivity contribution in [1.29, 1.82) is 0 Å². The van der Waals surface area contributed by atoms with Crippen LogP contribution in [0.3, 0.4) is 0 Å². The van der Waals surface area contributed by atoms with Gasteiger partial charge in [0.15, 0.2) is 0 Å². The largest absolute Gasteiger partial charge is 0.487 e. The lowest BCUT2D eigenvalue weighted by Crippen LogP contribution is -2.06. The molecule has 0 fully saturated rings. The molecule has 0 bridgehead atoms. The average molecular weight is 394 g/mol. The fourth-order valence-corrected chi connectivity index (χ4v) is 2.94. The number of hydrogen-bond donors (Lipinski definition) is 0. The molecule has 1 aromatic heterocycles. The summed E-state index contributed by atoms with van der Waals surface area (Å²) in [5.74, 6) is 0.487. The van der Waals surface area contributed by atoms with E-state index >= 15 is 0 Å². The van der Waals surface area contributed by atoms with Crippen molar-refractivity contribution in [2.75, 3.05) is 0 Å². The van der Waals surface area contributed by atoms with Gasteiger partial charge in [-0.1, -0.05) is 45.7 Å². The molecule has 0 aliphatic carbocycles. The highest BCUT2D eigenvalue weighted by Crippen LogP contribution is 2.32. The van der Waals surface area contributed by atoms with E-state index in [0.29, 0.717) is 28.5 Å². The van der Waals surface area contributed by atoms with Crippen molar-refractivity contribution in [2.45, 2.75) is 20.5 Å². The fourth-order valence-electron chi connectivity index (χ4n) is 2.33. The Morgan fingerprint density at radius 3 is 2.65 bits per heavy atom. The van der Waals surface area contributed by atoms with E-state index in [0.717, 1.165) is 21.0 Å². The minimum Gasteiger partial charge on any atom is -0.487 e. The molecule has 0 spiro atoms. The maximum absolute atomic E-state index is 11.8. The summed E-state index contributed by atoms with van der Waals surface area (Å²) in [6.07, 6.45) is 0. The summed E-state index contributed by atoms with van der Waals surface area (Å²) in [6.45, 7) is 3.99. The lowest BCUT2D eigenvalue weighted by Gasteiger charge is -2.11. The first-order chi connectivity index (χ1) is 11.0. The van der Waals surface area contributed by atoms with Crippen LogP contribution in [-0.4, -0.2) is 0 Å². The number of benzene rings is 2. The molecule has 0 amide bonds. The Hall–Kier alpha value is -1.78. The zero-order chi connectivity index (χ0) is 16.6. The van der Waals surface area contributed by atoms with E-state index in [9.17, 15) is 4.79 Å². The molecule has 5 heteroatoms. The number of aryl methyl sites for hydroxylation is 1. The van der Waals surface area contributed by atoms with Gasteiger partial charge in [-0.15, -0.1) is 0 Å². The van der Waals surface area contributed by atoms with Crippen LogP contribution in [-0.2, 0) is 6.61 Å². The van der Waals surface area contributed by atoms with E-state index < -0.39 is 0 Å². The number of fused-ring (bicyclic) bond motifs is 1. The number of rotatable bonds is 3. The van der Waals surface area contributed by atoms with E-state index in [-0.39, 0.29) is 5.63 Å². The maximum atomic E-state index is 11.8. The SMILES string of the molecule is Cc1c(C)c2cc(Cl)c(OCc3ccccc3Br)cc2oc1=O. The van der Waals surface area contributed by atoms with Gasteiger partial charge in [-0.25, -0.2) is 4.79 Å². The molecule has 0 saturated heterocycles. The Morgan fingerprint density at radius 2 is 1.91 bits per heavy atom. The van der Waals surface area contributed by atoms with Crippen LogP contribution >= 0.6 is 27.5 Å². The summed E-state index contributed by atoms with van der Waals surface area (Å²) < 4.78 is 12.1. The van der Waals surface area contributed by atoms with Crippen LogP contribution in [0.4, 0.5) is 0 Å². The summed E-state index contributed by atoms with van der Waals surface area (Å²) >= 11 is 9.80. The molecule has 3 rings (SSSR count). The van der Waals surface area contributed by atoms with Gasteiger partial charge < -0.3 is 9.15 Å². The minimum absolute atomic E-state index is 0.339. The molecule has 3 aromatic rings. The summed E-state index contributed by atoms with van der Waals surface area (Å²) in [6, 6.07) is 11.2. The molecular formula is C18H14BrClO3. The second-order valence-corrected chi connectivity index (χ2v) is 6.56. The first-order valence-corrected chi connectivity index (χ1v) is 8.24. The predicted molar refractivity (Wildman–Crippen MR) is 95.4 cm³/mol. The van der Waals surface area contributed by atoms with E-state index in [4.69, 9.17) is 20.8 Å². The highest BCUT2D eigenvalue weighted by Gasteiger charge is 2.12. The summed E-state index contributed by atoms with van der Waals surface area (Å²) in [5, 5.41) is 1.31. The smallest absolute Gasteiger partial charge is 0.339 e. The van der Waals surface area contributed by atoms with Gasteiger partial charge in [-0.2, -0.15) is 0 Å². The lowest BCUT2D eigenvalue weighted by molar-refractivity contribution is 0.305. The maximum Gasteiger partial charge on any atom is 0.339 e. The average Bonchev–Trinajstić information content (AvgIpc) is 2.53. The van der Waals surface area contributed by atoms with Crippen LogP contribution in [0.1, 0.15) is 16.7 Å². The van der Waals surface area contributed by atoms with Crippen LogP contribution in [0.25, 0.3) is 11.0 Å². The predicted octanol–water partition coefficient (Wildman–Crippen LogP) is 5.40. The van der Waals surface area contributed by atoms with Gasteiger partial charge in [-0.3, -0.25) is 0 Å². The van der Waals surface area contributed by atoms with Gasteiger partial charge in [0.2, 0.25) is 0 Å². The molecule has 23 heavy (non-hydrogen) atoms. The van der Waals surface area contributed by atoms with Crippen molar-refractivity contribution in [3.63, 3.8) is 0 Å². The van der Waals surface area contributed by atoms with Gasteiger partial charge in [0, 0.05) is 27.1 Å². The Labute approximate surface area is 147 Å². The van der Waals surface area contributed by atoms with Gasteiger partial charge >= 0.3 is 5.63 Å². The fraction of sp³-hybridized carbons (Fsp3) is 0.167. The zero-order valence-electron chi connectivity index (χ0n) is 12.7. The second-order valence-electron chi connectivity index (χ2n) is 5.30. The quantitative estimate of drug-likeness (QED) is 0.559. The minimum atomic E-state index is -0.339. The highest BCUT2D eigenvalue weighted by atomic mass is 79.9. The summed E-state index contributed by atoms with van der Waals surface area (Å²) in [4.78, 5) is 11.8. The van der Waals surface area contributed by atoms with Gasteiger partial charge in [-0.05, 0) is 31.5 Å². The molecule has 0 aliphatic heterocycles. The number of halogens is 2. The normalized spacial score (nSPS) is 11.0. The molecule has 118 valence electrons. The number of ether oxygens (including phenoxy) is 1. The van der Waals surface area contributed by atoms with Gasteiger partial charge in [0.05, 0.1) is 5.02 Å². The highest BCUT2D eigenvalue weighted by molar-refractivity contribution is 9.10. The van der Waals surface area contributed by atoms with E-state index in [1.807, 2.05) is 31.2 Å². The number of hydrogen-bond acceptors (Lipinski definition) is 3. The van der Waals surface area contributed by atoms with Crippen molar-refractivity contribution >= 4 is 38.5 Å². The third-order valence-electron chi connectivity index (χ3n) is 3.85. The van der Waals surface area contributed by atoms with Gasteiger partial charge in [0.1, 0.15) is 17.9 Å². The third kappa shape index (κ3) is 3.14. The van der Waals surface area contributed by atoms with Crippen molar-refractivity contribution in [3.8, 4) is 5.75 Å². The van der Waals surface area contributed by atoms with E-state index in [1.54, 1.807) is 19.1 Å². The second kappa shape index (κ2) is 6.38. The molecule has 3 nitrogen and oxygen atoms in total. The Kier molecular flexibility index (Phi) is 4.46. The molecule has 0 saturated carbocycles. The Bertz CT molecular complexity index is 947. The Balaban J connectivity index is 1.99. The molecule has 0 aliphatic rings. The molecule has 0 atom stereocenters. The molecule has 0 radical (unpaired) electrons. The van der Waals surface area contributed by atoms with Crippen molar-refractivity contribution in [3.05, 3.63) is 73.0 Å². The topological polar surface area (TPSA) is 39.4 Å². The first-order valence-electron chi connectivity index (χ1n) is 7.07. The molecule has 0 unspecified atom stereocenters. The summed E-state index contributed by atoms with van der Waals surface area (Å²) in [7, 11) is 0. The third-order valence-corrected chi connectivity index (χ3v) is 4.92. The van der Waals surface area contributed by atoms with Crippen LogP contribution in [0.15, 0.2) is 50.1 Å². The van der Waals surface area contributed by atoms with Gasteiger partial charge in [0.25, 0.3) is 0 Å². The van der Waals surface area contributed by atoms with E-state index in [1.165, 1.54) is 0 Å². The van der Waals surface area contributed by atoms with Crippen LogP contribution in [0, 0.1) is 13.8 Å². The van der Waals surface area contributed by atoms with Crippen LogP contribution in [0.2, 0.25) is 5.02 Å². The van der Waals surface area contributed by atoms with Crippen molar-refractivity contribution in [2.24, 2.45) is 0 Å². The summed E-state index contributed by atoms with van der Waals surface area (Å²) in [5.41, 5.74) is 2.61. The molecule has 0 N–H and O–H groups in total. The van der Waals surface area contributed by atoms with Crippen molar-refractivity contribution < 1.29 is 9.15 Å². The monoisotopic (exact) mass is 392 g/mol. The standard InChI is InChI=1S/C18H14BrClO3/c1-10-11(2)18(21)23-16-8-17(15(20)7-13(10)16)22-9-12-5-3-4-6-14(12)19/h3-8H,9H2,1-2H3. The first kappa shape index (κ1) is 16.1. The van der Waals surface area contributed by atoms with E-state index in [2.05, 4.69) is 15.9 Å². The molecule has 1 heterocycles. The molecule has 2 aromatic carbocycles. The lowest BCUT2D eigenvalue weighted by atomic mass is 10.1. The molecular weight excluding hydrogens is 380 g/mol. The van der Waals surface area contributed by atoms with Crippen LogP contribution in [0.5, 0.6) is 5.75 Å².